The normalized spacial score (nSPS) is 16.5. The molecule has 1 N–H and O–H groups in total. The van der Waals surface area contributed by atoms with Crippen LogP contribution in [0, 0.1) is 0 Å². The minimum Gasteiger partial charge on any atom is -0.458 e. The number of esters is 1. The molecule has 0 aromatic heterocycles. The van der Waals surface area contributed by atoms with Crippen molar-refractivity contribution in [1.82, 2.24) is 9.62 Å². The zero-order valence-corrected chi connectivity index (χ0v) is 19.5. The van der Waals surface area contributed by atoms with Gasteiger partial charge >= 0.3 is 12.1 Å². The molecule has 1 aliphatic heterocycles. The maximum Gasteiger partial charge on any atom is 0.408 e. The van der Waals surface area contributed by atoms with E-state index in [2.05, 4.69) is 5.32 Å². The Morgan fingerprint density at radius 1 is 1.03 bits per heavy atom. The predicted octanol–water partition coefficient (Wildman–Crippen LogP) is 2.85. The molecule has 1 aromatic rings. The van der Waals surface area contributed by atoms with E-state index in [-0.39, 0.29) is 29.8 Å². The van der Waals surface area contributed by atoms with Gasteiger partial charge in [-0.2, -0.15) is 0 Å². The van der Waals surface area contributed by atoms with Gasteiger partial charge in [0.1, 0.15) is 22.1 Å². The first kappa shape index (κ1) is 24.6. The number of amides is 2. The number of carbonyl (C=O) groups excluding carboxylic acids is 3. The summed E-state index contributed by atoms with van der Waals surface area (Å²) in [5.74, 6) is -1.28. The van der Waals surface area contributed by atoms with Crippen LogP contribution in [0.25, 0.3) is 0 Å². The molecule has 1 heterocycles. The summed E-state index contributed by atoms with van der Waals surface area (Å²) < 4.78 is 36.6. The van der Waals surface area contributed by atoms with Gasteiger partial charge in [0.2, 0.25) is 0 Å². The molecule has 0 radical (unpaired) electrons. The molecule has 0 saturated heterocycles. The molecule has 1 aromatic carbocycles. The topological polar surface area (TPSA) is 119 Å². The van der Waals surface area contributed by atoms with E-state index in [1.165, 1.54) is 12.1 Å². The van der Waals surface area contributed by atoms with Gasteiger partial charge in [0.25, 0.3) is 15.9 Å². The third-order valence-corrected chi connectivity index (χ3v) is 5.99. The third kappa shape index (κ3) is 6.43. The Morgan fingerprint density at radius 3 is 2.16 bits per heavy atom. The number of fused-ring (bicyclic) bond motifs is 1. The van der Waals surface area contributed by atoms with Gasteiger partial charge < -0.3 is 14.8 Å². The number of rotatable bonds is 6. The van der Waals surface area contributed by atoms with Gasteiger partial charge in [0, 0.05) is 6.54 Å². The van der Waals surface area contributed by atoms with Gasteiger partial charge in [-0.3, -0.25) is 4.79 Å². The van der Waals surface area contributed by atoms with Crippen molar-refractivity contribution in [3.63, 3.8) is 0 Å². The Bertz CT molecular complexity index is 959. The number of carbonyl (C=O) groups is 3. The predicted molar refractivity (Wildman–Crippen MR) is 113 cm³/mol. The zero-order valence-electron chi connectivity index (χ0n) is 18.7. The van der Waals surface area contributed by atoms with Crippen LogP contribution in [0.1, 0.15) is 64.7 Å². The fourth-order valence-electron chi connectivity index (χ4n) is 2.96. The fraction of sp³-hybridized carbons (Fsp3) is 0.571. The molecule has 2 amide bonds. The fourth-order valence-corrected chi connectivity index (χ4v) is 4.57. The molecule has 0 fully saturated rings. The van der Waals surface area contributed by atoms with E-state index in [0.29, 0.717) is 0 Å². The van der Waals surface area contributed by atoms with Crippen LogP contribution in [0.3, 0.4) is 0 Å². The van der Waals surface area contributed by atoms with Crippen molar-refractivity contribution in [2.45, 2.75) is 76.5 Å². The number of ether oxygens (including phenoxy) is 2. The van der Waals surface area contributed by atoms with E-state index >= 15 is 0 Å². The number of hydrogen-bond acceptors (Lipinski definition) is 7. The van der Waals surface area contributed by atoms with Crippen LogP contribution in [0.5, 0.6) is 0 Å². The number of hydrogen-bond donors (Lipinski definition) is 1. The highest BCUT2D eigenvalue weighted by Crippen LogP contribution is 2.30. The van der Waals surface area contributed by atoms with Gasteiger partial charge in [0.15, 0.2) is 0 Å². The summed E-state index contributed by atoms with van der Waals surface area (Å²) in [6.45, 7) is 10.0. The van der Waals surface area contributed by atoms with Crippen LogP contribution >= 0.6 is 0 Å². The molecule has 0 bridgehead atoms. The number of benzene rings is 1. The Labute approximate surface area is 183 Å². The van der Waals surface area contributed by atoms with E-state index in [1.54, 1.807) is 53.7 Å². The van der Waals surface area contributed by atoms with Crippen LogP contribution in [-0.4, -0.2) is 54.5 Å². The summed E-state index contributed by atoms with van der Waals surface area (Å²) in [5, 5.41) is 2.48. The third-order valence-electron chi connectivity index (χ3n) is 4.15. The van der Waals surface area contributed by atoms with Crippen LogP contribution < -0.4 is 5.32 Å². The molecule has 10 heteroatoms. The van der Waals surface area contributed by atoms with Crippen molar-refractivity contribution in [3.8, 4) is 0 Å². The summed E-state index contributed by atoms with van der Waals surface area (Å²) in [4.78, 5) is 37.2. The smallest absolute Gasteiger partial charge is 0.408 e. The molecule has 172 valence electrons. The first-order valence-corrected chi connectivity index (χ1v) is 11.4. The van der Waals surface area contributed by atoms with Crippen molar-refractivity contribution in [2.75, 3.05) is 6.54 Å². The Hall–Kier alpha value is -2.62. The molecule has 31 heavy (non-hydrogen) atoms. The van der Waals surface area contributed by atoms with Crippen molar-refractivity contribution < 1.29 is 32.3 Å². The van der Waals surface area contributed by atoms with E-state index in [9.17, 15) is 22.8 Å². The summed E-state index contributed by atoms with van der Waals surface area (Å²) in [6, 6.07) is 4.94. The Kier molecular flexibility index (Phi) is 7.04. The lowest BCUT2D eigenvalue weighted by molar-refractivity contribution is -0.157. The average molecular weight is 455 g/mol. The molecule has 0 aliphatic carbocycles. The van der Waals surface area contributed by atoms with Gasteiger partial charge in [-0.25, -0.2) is 22.3 Å². The maximum absolute atomic E-state index is 12.7. The lowest BCUT2D eigenvalue weighted by atomic mass is 10.1. The van der Waals surface area contributed by atoms with E-state index in [1.807, 2.05) is 0 Å². The first-order valence-electron chi connectivity index (χ1n) is 10.0. The minimum absolute atomic E-state index is 0.0319. The van der Waals surface area contributed by atoms with E-state index in [0.717, 1.165) is 4.31 Å². The quantitative estimate of drug-likeness (QED) is 0.657. The SMILES string of the molecule is CC(C)(C)OC(=O)N[C@H](CCCN1C(=O)c2ccccc2S1(=O)=O)C(=O)OC(C)(C)C. The van der Waals surface area contributed by atoms with Crippen LogP contribution in [0.15, 0.2) is 29.2 Å². The van der Waals surface area contributed by atoms with Crippen LogP contribution in [-0.2, 0) is 24.3 Å². The molecule has 0 saturated carbocycles. The average Bonchev–Trinajstić information content (AvgIpc) is 2.78. The molecule has 9 nitrogen and oxygen atoms in total. The number of alkyl carbamates (subject to hydrolysis) is 1. The molecule has 2 rings (SSSR count). The molecule has 1 atom stereocenters. The highest BCUT2D eigenvalue weighted by atomic mass is 32.2. The number of nitrogens with zero attached hydrogens (tertiary/aromatic N) is 1. The van der Waals surface area contributed by atoms with Crippen molar-refractivity contribution in [1.29, 1.82) is 0 Å². The monoisotopic (exact) mass is 454 g/mol. The molecule has 1 aliphatic rings. The number of nitrogens with one attached hydrogen (secondary N) is 1. The van der Waals surface area contributed by atoms with Gasteiger partial charge in [-0.15, -0.1) is 0 Å². The molecular weight excluding hydrogens is 424 g/mol. The molecule has 0 unspecified atom stereocenters. The zero-order chi connectivity index (χ0) is 23.6. The summed E-state index contributed by atoms with van der Waals surface area (Å²) in [7, 11) is -3.93. The summed E-state index contributed by atoms with van der Waals surface area (Å²) in [6.07, 6.45) is -0.594. The lowest BCUT2D eigenvalue weighted by Crippen LogP contribution is -2.46. The maximum atomic E-state index is 12.7. The van der Waals surface area contributed by atoms with Crippen LogP contribution in [0.2, 0.25) is 0 Å². The van der Waals surface area contributed by atoms with Gasteiger partial charge in [-0.1, -0.05) is 12.1 Å². The largest absolute Gasteiger partial charge is 0.458 e. The van der Waals surface area contributed by atoms with Crippen LogP contribution in [0.4, 0.5) is 4.79 Å². The molecule has 0 spiro atoms. The second-order valence-electron chi connectivity index (χ2n) is 9.25. The van der Waals surface area contributed by atoms with Crippen molar-refractivity contribution in [2.24, 2.45) is 0 Å². The van der Waals surface area contributed by atoms with Crippen molar-refractivity contribution >= 4 is 28.0 Å². The second-order valence-corrected chi connectivity index (χ2v) is 11.1. The standard InChI is InChI=1S/C21H30N2O7S/c1-20(2,3)29-18(25)15(22-19(26)30-21(4,5)6)11-9-13-23-17(24)14-10-7-8-12-16(14)31(23,27)28/h7-8,10,12,15H,9,11,13H2,1-6H3,(H,22,26)/t15-/m1/s1. The summed E-state index contributed by atoms with van der Waals surface area (Å²) in [5.41, 5.74) is -1.41. The van der Waals surface area contributed by atoms with Crippen molar-refractivity contribution in [3.05, 3.63) is 29.8 Å². The van der Waals surface area contributed by atoms with Gasteiger partial charge in [0.05, 0.1) is 5.56 Å². The highest BCUT2D eigenvalue weighted by Gasteiger charge is 2.40. The summed E-state index contributed by atoms with van der Waals surface area (Å²) >= 11 is 0. The van der Waals surface area contributed by atoms with E-state index in [4.69, 9.17) is 9.47 Å². The minimum atomic E-state index is -3.93. The Morgan fingerprint density at radius 2 is 1.61 bits per heavy atom. The Balaban J connectivity index is 2.08. The number of sulfonamides is 1. The van der Waals surface area contributed by atoms with Gasteiger partial charge in [-0.05, 0) is 66.5 Å². The first-order chi connectivity index (χ1) is 14.1. The second kappa shape index (κ2) is 8.86. The molecular formula is C21H30N2O7S. The highest BCUT2D eigenvalue weighted by molar-refractivity contribution is 7.90. The van der Waals surface area contributed by atoms with E-state index < -0.39 is 45.2 Å². The lowest BCUT2D eigenvalue weighted by Gasteiger charge is -2.26.